The van der Waals surface area contributed by atoms with Gasteiger partial charge in [0.25, 0.3) is 0 Å². The van der Waals surface area contributed by atoms with Gasteiger partial charge in [0.1, 0.15) is 5.82 Å². The Morgan fingerprint density at radius 2 is 2.26 bits per heavy atom. The van der Waals surface area contributed by atoms with Gasteiger partial charge < -0.3 is 20.4 Å². The van der Waals surface area contributed by atoms with E-state index in [9.17, 15) is 4.79 Å². The number of nitrogens with one attached hydrogen (secondary N) is 2. The second-order valence-corrected chi connectivity index (χ2v) is 4.92. The molecular formula is C12H18N6O. The Morgan fingerprint density at radius 1 is 1.42 bits per heavy atom. The van der Waals surface area contributed by atoms with E-state index in [4.69, 9.17) is 0 Å². The van der Waals surface area contributed by atoms with Gasteiger partial charge in [-0.2, -0.15) is 4.98 Å². The highest BCUT2D eigenvalue weighted by atomic mass is 16.2. The number of hydrogen-bond donors (Lipinski definition) is 2. The van der Waals surface area contributed by atoms with Gasteiger partial charge in [0.2, 0.25) is 5.95 Å². The summed E-state index contributed by atoms with van der Waals surface area (Å²) >= 11 is 0. The van der Waals surface area contributed by atoms with Crippen LogP contribution in [0.5, 0.6) is 0 Å². The first-order valence-corrected chi connectivity index (χ1v) is 6.50. The topological polar surface area (TPSA) is 73.4 Å². The Labute approximate surface area is 112 Å². The van der Waals surface area contributed by atoms with E-state index in [1.165, 1.54) is 0 Å². The quantitative estimate of drug-likeness (QED) is 0.787. The Hall–Kier alpha value is -2.05. The van der Waals surface area contributed by atoms with Crippen molar-refractivity contribution in [1.82, 2.24) is 20.2 Å². The fraction of sp³-hybridized carbons (Fsp3) is 0.583. The van der Waals surface area contributed by atoms with E-state index < -0.39 is 0 Å². The van der Waals surface area contributed by atoms with Crippen LogP contribution in [0.25, 0.3) is 0 Å². The molecular weight excluding hydrogens is 244 g/mol. The molecule has 2 saturated heterocycles. The molecule has 2 aliphatic rings. The number of amides is 2. The zero-order valence-corrected chi connectivity index (χ0v) is 11.2. The van der Waals surface area contributed by atoms with E-state index in [2.05, 4.69) is 25.5 Å². The smallest absolute Gasteiger partial charge is 0.317 e. The molecule has 7 heteroatoms. The summed E-state index contributed by atoms with van der Waals surface area (Å²) in [6.45, 7) is 5.05. The lowest BCUT2D eigenvalue weighted by Gasteiger charge is -2.37. The van der Waals surface area contributed by atoms with Crippen molar-refractivity contribution in [3.05, 3.63) is 11.8 Å². The molecule has 1 atom stereocenters. The fourth-order valence-corrected chi connectivity index (χ4v) is 2.64. The Kier molecular flexibility index (Phi) is 2.88. The molecule has 2 N–H and O–H groups in total. The van der Waals surface area contributed by atoms with Crippen LogP contribution in [0, 0.1) is 6.92 Å². The van der Waals surface area contributed by atoms with Crippen molar-refractivity contribution in [2.24, 2.45) is 0 Å². The molecule has 0 saturated carbocycles. The lowest BCUT2D eigenvalue weighted by molar-refractivity contribution is 0.197. The van der Waals surface area contributed by atoms with Gasteiger partial charge in [-0.15, -0.1) is 0 Å². The van der Waals surface area contributed by atoms with Gasteiger partial charge in [0, 0.05) is 45.0 Å². The number of aromatic nitrogens is 2. The van der Waals surface area contributed by atoms with Crippen LogP contribution in [-0.2, 0) is 0 Å². The number of aryl methyl sites for hydroxylation is 1. The molecule has 3 heterocycles. The molecule has 2 fully saturated rings. The van der Waals surface area contributed by atoms with Crippen LogP contribution in [0.1, 0.15) is 5.69 Å². The molecule has 19 heavy (non-hydrogen) atoms. The molecule has 1 aromatic rings. The van der Waals surface area contributed by atoms with Gasteiger partial charge in [-0.25, -0.2) is 9.78 Å². The lowest BCUT2D eigenvalue weighted by Crippen LogP contribution is -2.52. The predicted molar refractivity (Wildman–Crippen MR) is 72.4 cm³/mol. The highest BCUT2D eigenvalue weighted by molar-refractivity contribution is 5.77. The lowest BCUT2D eigenvalue weighted by atomic mass is 10.2. The monoisotopic (exact) mass is 262 g/mol. The third-order valence-corrected chi connectivity index (χ3v) is 3.62. The second-order valence-electron chi connectivity index (χ2n) is 4.92. The summed E-state index contributed by atoms with van der Waals surface area (Å²) < 4.78 is 0. The van der Waals surface area contributed by atoms with Gasteiger partial charge in [0.15, 0.2) is 0 Å². The summed E-state index contributed by atoms with van der Waals surface area (Å²) in [6.07, 6.45) is 0. The maximum absolute atomic E-state index is 11.6. The van der Waals surface area contributed by atoms with Crippen LogP contribution in [0.3, 0.4) is 0 Å². The molecule has 2 amide bonds. The van der Waals surface area contributed by atoms with Crippen LogP contribution in [-0.4, -0.2) is 60.2 Å². The Balaban J connectivity index is 1.80. The molecule has 7 nitrogen and oxygen atoms in total. The van der Waals surface area contributed by atoms with E-state index in [1.807, 2.05) is 24.9 Å². The van der Waals surface area contributed by atoms with E-state index in [1.54, 1.807) is 0 Å². The average molecular weight is 262 g/mol. The molecule has 0 aliphatic carbocycles. The highest BCUT2D eigenvalue weighted by Gasteiger charge is 2.35. The van der Waals surface area contributed by atoms with Gasteiger partial charge in [0.05, 0.1) is 6.04 Å². The Morgan fingerprint density at radius 3 is 3.05 bits per heavy atom. The van der Waals surface area contributed by atoms with Crippen molar-refractivity contribution in [3.63, 3.8) is 0 Å². The van der Waals surface area contributed by atoms with Crippen molar-refractivity contribution < 1.29 is 4.79 Å². The number of urea groups is 1. The number of rotatable bonds is 2. The summed E-state index contributed by atoms with van der Waals surface area (Å²) in [6, 6.07) is 2.29. The fourth-order valence-electron chi connectivity index (χ4n) is 2.64. The van der Waals surface area contributed by atoms with Gasteiger partial charge >= 0.3 is 6.03 Å². The summed E-state index contributed by atoms with van der Waals surface area (Å²) in [5.74, 6) is 1.56. The number of anilines is 2. The number of carbonyl (C=O) groups excluding carboxylic acids is 1. The molecule has 3 rings (SSSR count). The first-order valence-electron chi connectivity index (χ1n) is 6.50. The minimum atomic E-state index is 0.0550. The summed E-state index contributed by atoms with van der Waals surface area (Å²) in [4.78, 5) is 24.5. The van der Waals surface area contributed by atoms with Crippen molar-refractivity contribution in [2.75, 3.05) is 43.4 Å². The summed E-state index contributed by atoms with van der Waals surface area (Å²) in [7, 11) is 1.82. The molecule has 0 radical (unpaired) electrons. The van der Waals surface area contributed by atoms with Crippen molar-refractivity contribution in [2.45, 2.75) is 13.0 Å². The summed E-state index contributed by atoms with van der Waals surface area (Å²) in [5, 5.41) is 5.86. The maximum Gasteiger partial charge on any atom is 0.317 e. The third kappa shape index (κ3) is 2.16. The predicted octanol–water partition coefficient (Wildman–Crippen LogP) is 0.0405. The van der Waals surface area contributed by atoms with Gasteiger partial charge in [-0.05, 0) is 6.92 Å². The minimum absolute atomic E-state index is 0.0550. The van der Waals surface area contributed by atoms with E-state index >= 15 is 0 Å². The van der Waals surface area contributed by atoms with Crippen molar-refractivity contribution in [3.8, 4) is 0 Å². The zero-order valence-electron chi connectivity index (χ0n) is 11.2. The number of piperazine rings is 1. The van der Waals surface area contributed by atoms with Crippen LogP contribution < -0.4 is 15.5 Å². The molecule has 0 aromatic carbocycles. The molecule has 0 bridgehead atoms. The first kappa shape index (κ1) is 12.0. The molecule has 1 unspecified atom stereocenters. The normalized spacial score (nSPS) is 22.2. The third-order valence-electron chi connectivity index (χ3n) is 3.62. The van der Waals surface area contributed by atoms with E-state index in [0.29, 0.717) is 5.95 Å². The number of carbonyl (C=O) groups is 1. The van der Waals surface area contributed by atoms with Gasteiger partial charge in [-0.1, -0.05) is 0 Å². The largest absolute Gasteiger partial charge is 0.357 e. The number of fused-ring (bicyclic) bond motifs is 1. The van der Waals surface area contributed by atoms with E-state index in [-0.39, 0.29) is 12.1 Å². The second kappa shape index (κ2) is 4.56. The van der Waals surface area contributed by atoms with E-state index in [0.717, 1.165) is 37.7 Å². The number of hydrogen-bond acceptors (Lipinski definition) is 5. The first-order chi connectivity index (χ1) is 9.17. The van der Waals surface area contributed by atoms with Crippen LogP contribution >= 0.6 is 0 Å². The SMILES string of the molecule is CNc1nc(C)cc(N2CCN3C(=O)NCC3C2)n1. The number of nitrogens with zero attached hydrogens (tertiary/aromatic N) is 4. The van der Waals surface area contributed by atoms with Crippen LogP contribution in [0.15, 0.2) is 6.07 Å². The zero-order chi connectivity index (χ0) is 13.4. The van der Waals surface area contributed by atoms with Crippen LogP contribution in [0.2, 0.25) is 0 Å². The molecule has 2 aliphatic heterocycles. The average Bonchev–Trinajstić information content (AvgIpc) is 2.79. The summed E-state index contributed by atoms with van der Waals surface area (Å²) in [5.41, 5.74) is 0.942. The molecule has 0 spiro atoms. The van der Waals surface area contributed by atoms with Crippen molar-refractivity contribution in [1.29, 1.82) is 0 Å². The molecule has 1 aromatic heterocycles. The highest BCUT2D eigenvalue weighted by Crippen LogP contribution is 2.21. The standard InChI is InChI=1S/C12H18N6O/c1-8-5-10(16-11(13-2)15-8)17-3-4-18-9(7-17)6-14-12(18)19/h5,9H,3-4,6-7H2,1-2H3,(H,14,19)(H,13,15,16). The van der Waals surface area contributed by atoms with Gasteiger partial charge in [-0.3, -0.25) is 0 Å². The molecule has 102 valence electrons. The van der Waals surface area contributed by atoms with Crippen molar-refractivity contribution >= 4 is 17.8 Å². The van der Waals surface area contributed by atoms with Crippen LogP contribution in [0.4, 0.5) is 16.6 Å². The Bertz CT molecular complexity index is 505. The minimum Gasteiger partial charge on any atom is -0.357 e. The maximum atomic E-state index is 11.6.